The molecular formula is C14H16ClNOS. The second kappa shape index (κ2) is 6.23. The van der Waals surface area contributed by atoms with Crippen molar-refractivity contribution in [1.29, 1.82) is 0 Å². The molecule has 0 saturated carbocycles. The molecule has 96 valence electrons. The average Bonchev–Trinajstić information content (AvgIpc) is 2.76. The van der Waals surface area contributed by atoms with Gasteiger partial charge >= 0.3 is 0 Å². The van der Waals surface area contributed by atoms with Gasteiger partial charge in [-0.1, -0.05) is 17.7 Å². The first-order valence-electron chi connectivity index (χ1n) is 5.80. The highest BCUT2D eigenvalue weighted by molar-refractivity contribution is 7.11. The van der Waals surface area contributed by atoms with Crippen LogP contribution in [0.3, 0.4) is 0 Å². The van der Waals surface area contributed by atoms with Crippen LogP contribution in [-0.4, -0.2) is 7.05 Å². The van der Waals surface area contributed by atoms with Crippen LogP contribution in [0, 0.1) is 6.92 Å². The number of hydrogen-bond donors (Lipinski definition) is 1. The molecule has 18 heavy (non-hydrogen) atoms. The van der Waals surface area contributed by atoms with E-state index < -0.39 is 0 Å². The van der Waals surface area contributed by atoms with Gasteiger partial charge in [-0.15, -0.1) is 11.3 Å². The Morgan fingerprint density at radius 2 is 2.00 bits per heavy atom. The SMILES string of the molecule is CNCc1ccc(COc2ccc(C)cc2Cl)s1. The predicted molar refractivity (Wildman–Crippen MR) is 77.6 cm³/mol. The Hall–Kier alpha value is -1.03. The number of benzene rings is 1. The maximum Gasteiger partial charge on any atom is 0.138 e. The summed E-state index contributed by atoms with van der Waals surface area (Å²) in [6, 6.07) is 10.1. The summed E-state index contributed by atoms with van der Waals surface area (Å²) in [6.07, 6.45) is 0. The van der Waals surface area contributed by atoms with Gasteiger partial charge in [-0.25, -0.2) is 0 Å². The first-order chi connectivity index (χ1) is 8.69. The van der Waals surface area contributed by atoms with E-state index in [9.17, 15) is 0 Å². The molecule has 0 radical (unpaired) electrons. The largest absolute Gasteiger partial charge is 0.487 e. The lowest BCUT2D eigenvalue weighted by atomic mass is 10.2. The first kappa shape index (κ1) is 13.4. The molecule has 0 fully saturated rings. The van der Waals surface area contributed by atoms with E-state index in [1.807, 2.05) is 32.2 Å². The van der Waals surface area contributed by atoms with Crippen molar-refractivity contribution >= 4 is 22.9 Å². The molecule has 2 aromatic rings. The minimum absolute atomic E-state index is 0.567. The van der Waals surface area contributed by atoms with E-state index in [1.165, 1.54) is 9.75 Å². The topological polar surface area (TPSA) is 21.3 Å². The number of rotatable bonds is 5. The normalized spacial score (nSPS) is 10.6. The van der Waals surface area contributed by atoms with Gasteiger partial charge in [0.1, 0.15) is 12.4 Å². The zero-order valence-corrected chi connectivity index (χ0v) is 12.1. The fourth-order valence-corrected chi connectivity index (χ4v) is 2.87. The fraction of sp³-hybridized carbons (Fsp3) is 0.286. The van der Waals surface area contributed by atoms with Gasteiger partial charge in [-0.2, -0.15) is 0 Å². The number of halogens is 1. The predicted octanol–water partition coefficient (Wildman–Crippen LogP) is 4.01. The van der Waals surface area contributed by atoms with Crippen LogP contribution in [0.5, 0.6) is 5.75 Å². The summed E-state index contributed by atoms with van der Waals surface area (Å²) >= 11 is 7.87. The van der Waals surface area contributed by atoms with E-state index in [2.05, 4.69) is 17.4 Å². The third-order valence-electron chi connectivity index (χ3n) is 2.53. The van der Waals surface area contributed by atoms with Crippen molar-refractivity contribution in [3.05, 3.63) is 50.7 Å². The smallest absolute Gasteiger partial charge is 0.138 e. The van der Waals surface area contributed by atoms with Crippen LogP contribution in [-0.2, 0) is 13.2 Å². The van der Waals surface area contributed by atoms with Crippen LogP contribution in [0.2, 0.25) is 5.02 Å². The summed E-state index contributed by atoms with van der Waals surface area (Å²) in [5.41, 5.74) is 1.14. The van der Waals surface area contributed by atoms with Crippen LogP contribution in [0.25, 0.3) is 0 Å². The van der Waals surface area contributed by atoms with Crippen LogP contribution < -0.4 is 10.1 Å². The molecule has 2 nitrogen and oxygen atoms in total. The van der Waals surface area contributed by atoms with Crippen LogP contribution in [0.15, 0.2) is 30.3 Å². The molecule has 1 N–H and O–H groups in total. The van der Waals surface area contributed by atoms with Crippen molar-refractivity contribution in [2.24, 2.45) is 0 Å². The molecule has 1 heterocycles. The highest BCUT2D eigenvalue weighted by Crippen LogP contribution is 2.27. The molecule has 1 aromatic carbocycles. The summed E-state index contributed by atoms with van der Waals surface area (Å²) in [4.78, 5) is 2.52. The summed E-state index contributed by atoms with van der Waals surface area (Å²) in [6.45, 7) is 3.48. The Labute approximate surface area is 117 Å². The lowest BCUT2D eigenvalue weighted by Gasteiger charge is -2.07. The molecule has 0 aliphatic carbocycles. The van der Waals surface area contributed by atoms with E-state index in [-0.39, 0.29) is 0 Å². The van der Waals surface area contributed by atoms with Gasteiger partial charge in [-0.3, -0.25) is 0 Å². The van der Waals surface area contributed by atoms with Crippen molar-refractivity contribution in [3.8, 4) is 5.75 Å². The Morgan fingerprint density at radius 1 is 1.22 bits per heavy atom. The number of hydrogen-bond acceptors (Lipinski definition) is 3. The third kappa shape index (κ3) is 3.48. The molecule has 4 heteroatoms. The quantitative estimate of drug-likeness (QED) is 0.894. The molecular weight excluding hydrogens is 266 g/mol. The lowest BCUT2D eigenvalue weighted by molar-refractivity contribution is 0.310. The molecule has 0 saturated heterocycles. The lowest BCUT2D eigenvalue weighted by Crippen LogP contribution is -2.02. The van der Waals surface area contributed by atoms with Crippen molar-refractivity contribution < 1.29 is 4.74 Å². The van der Waals surface area contributed by atoms with Crippen LogP contribution >= 0.6 is 22.9 Å². The molecule has 0 unspecified atom stereocenters. The monoisotopic (exact) mass is 281 g/mol. The zero-order valence-electron chi connectivity index (χ0n) is 10.5. The molecule has 0 bridgehead atoms. The maximum absolute atomic E-state index is 6.12. The molecule has 1 aromatic heterocycles. The van der Waals surface area contributed by atoms with Gasteiger partial charge in [0.05, 0.1) is 5.02 Å². The molecule has 0 atom stereocenters. The van der Waals surface area contributed by atoms with Gasteiger partial charge in [0.15, 0.2) is 0 Å². The highest BCUT2D eigenvalue weighted by Gasteiger charge is 2.04. The third-order valence-corrected chi connectivity index (χ3v) is 3.88. The van der Waals surface area contributed by atoms with E-state index in [0.717, 1.165) is 17.9 Å². The Kier molecular flexibility index (Phi) is 4.64. The zero-order chi connectivity index (χ0) is 13.0. The van der Waals surface area contributed by atoms with Crippen molar-refractivity contribution in [3.63, 3.8) is 0 Å². The average molecular weight is 282 g/mol. The maximum atomic E-state index is 6.12. The van der Waals surface area contributed by atoms with E-state index in [1.54, 1.807) is 11.3 Å². The first-order valence-corrected chi connectivity index (χ1v) is 6.99. The van der Waals surface area contributed by atoms with Gasteiger partial charge in [0.2, 0.25) is 0 Å². The minimum atomic E-state index is 0.567. The van der Waals surface area contributed by atoms with Crippen LogP contribution in [0.1, 0.15) is 15.3 Å². The molecule has 0 aliphatic heterocycles. The second-order valence-corrected chi connectivity index (χ2v) is 5.78. The number of nitrogens with one attached hydrogen (secondary N) is 1. The Morgan fingerprint density at radius 3 is 2.72 bits per heavy atom. The molecule has 0 spiro atoms. The van der Waals surface area contributed by atoms with E-state index in [0.29, 0.717) is 11.6 Å². The number of aryl methyl sites for hydroxylation is 1. The summed E-state index contributed by atoms with van der Waals surface area (Å²) in [5.74, 6) is 0.742. The number of ether oxygens (including phenoxy) is 1. The van der Waals surface area contributed by atoms with Gasteiger partial charge in [0.25, 0.3) is 0 Å². The van der Waals surface area contributed by atoms with Crippen LogP contribution in [0.4, 0.5) is 0 Å². The van der Waals surface area contributed by atoms with Crippen molar-refractivity contribution in [2.75, 3.05) is 7.05 Å². The second-order valence-electron chi connectivity index (χ2n) is 4.12. The summed E-state index contributed by atoms with van der Waals surface area (Å²) in [5, 5.41) is 3.80. The molecule has 2 rings (SSSR count). The van der Waals surface area contributed by atoms with Gasteiger partial charge in [0, 0.05) is 16.3 Å². The fourth-order valence-electron chi connectivity index (χ4n) is 1.64. The standard InChI is InChI=1S/C14H16ClNOS/c1-10-3-6-14(13(15)7-10)17-9-12-5-4-11(18-12)8-16-2/h3-7,16H,8-9H2,1-2H3. The number of thiophene rings is 1. The van der Waals surface area contributed by atoms with Gasteiger partial charge in [-0.05, 0) is 43.8 Å². The van der Waals surface area contributed by atoms with Crippen molar-refractivity contribution in [1.82, 2.24) is 5.32 Å². The Balaban J connectivity index is 1.97. The summed E-state index contributed by atoms with van der Waals surface area (Å²) < 4.78 is 5.73. The van der Waals surface area contributed by atoms with E-state index >= 15 is 0 Å². The minimum Gasteiger partial charge on any atom is -0.487 e. The van der Waals surface area contributed by atoms with Crippen molar-refractivity contribution in [2.45, 2.75) is 20.1 Å². The Bertz CT molecular complexity index is 524. The summed E-state index contributed by atoms with van der Waals surface area (Å²) in [7, 11) is 1.95. The van der Waals surface area contributed by atoms with E-state index in [4.69, 9.17) is 16.3 Å². The molecule has 0 aliphatic rings. The van der Waals surface area contributed by atoms with Gasteiger partial charge < -0.3 is 10.1 Å². The highest BCUT2D eigenvalue weighted by atomic mass is 35.5. The molecule has 0 amide bonds.